The second-order valence-electron chi connectivity index (χ2n) is 9.71. The monoisotopic (exact) mass is 495 g/mol. The van der Waals surface area contributed by atoms with E-state index >= 15 is 0 Å². The minimum Gasteiger partial charge on any atom is -0.480 e. The Morgan fingerprint density at radius 1 is 1.08 bits per heavy atom. The maximum atomic E-state index is 13.4. The number of aryl methyl sites for hydroxylation is 2. The Morgan fingerprint density at radius 3 is 2.31 bits per heavy atom. The van der Waals surface area contributed by atoms with Crippen LogP contribution in [0.4, 0.5) is 5.69 Å². The number of carbonyl (C=O) groups is 3. The van der Waals surface area contributed by atoms with Crippen LogP contribution in [0, 0.1) is 25.7 Å². The highest BCUT2D eigenvalue weighted by Crippen LogP contribution is 2.30. The summed E-state index contributed by atoms with van der Waals surface area (Å²) >= 11 is 0. The topological polar surface area (TPSA) is 122 Å². The maximum absolute atomic E-state index is 13.4. The highest BCUT2D eigenvalue weighted by molar-refractivity contribution is 5.91. The first-order valence-corrected chi connectivity index (χ1v) is 12.6. The van der Waals surface area contributed by atoms with Gasteiger partial charge in [-0.05, 0) is 87.4 Å². The molecule has 2 aromatic carbocycles. The number of benzene rings is 2. The third kappa shape index (κ3) is 7.81. The van der Waals surface area contributed by atoms with Gasteiger partial charge in [0.1, 0.15) is 0 Å². The molecule has 1 aliphatic carbocycles. The molecule has 0 aromatic heterocycles. The van der Waals surface area contributed by atoms with Crippen molar-refractivity contribution in [2.24, 2.45) is 17.6 Å². The molecule has 0 radical (unpaired) electrons. The Kier molecular flexibility index (Phi) is 9.87. The number of rotatable bonds is 12. The van der Waals surface area contributed by atoms with Crippen LogP contribution in [0.1, 0.15) is 56.1 Å². The predicted molar refractivity (Wildman–Crippen MR) is 138 cm³/mol. The number of amides is 2. The summed E-state index contributed by atoms with van der Waals surface area (Å²) in [7, 11) is 0. The van der Waals surface area contributed by atoms with Gasteiger partial charge in [-0.25, -0.2) is 4.79 Å². The van der Waals surface area contributed by atoms with Gasteiger partial charge in [-0.15, -0.1) is 0 Å². The standard InChI is InChI=1S/C28H37N3O5/c1-19-14-20(2)16-23(15-19)30-26(32)18-21(12-13-29)17-25(28(34)35)31(27(33)22-8-6-7-9-22)36-24-10-4-3-5-11-24/h3-5,10-11,14-16,21-22,25H,6-9,12-13,17-18,29H2,1-2H3,(H,30,32)(H,34,35)/t21?,25-/m0/s1. The van der Waals surface area contributed by atoms with Crippen molar-refractivity contribution >= 4 is 23.5 Å². The summed E-state index contributed by atoms with van der Waals surface area (Å²) in [6.07, 6.45) is 3.88. The number of carboxylic acids is 1. The van der Waals surface area contributed by atoms with E-state index in [0.717, 1.165) is 29.0 Å². The molecule has 0 heterocycles. The van der Waals surface area contributed by atoms with Crippen molar-refractivity contribution in [2.45, 2.75) is 64.8 Å². The fourth-order valence-corrected chi connectivity index (χ4v) is 4.88. The average molecular weight is 496 g/mol. The summed E-state index contributed by atoms with van der Waals surface area (Å²) in [5, 5.41) is 14.1. The van der Waals surface area contributed by atoms with Crippen molar-refractivity contribution in [3.05, 3.63) is 59.7 Å². The lowest BCUT2D eigenvalue weighted by Crippen LogP contribution is -2.50. The Hall–Kier alpha value is -3.39. The molecule has 36 heavy (non-hydrogen) atoms. The quantitative estimate of drug-likeness (QED) is 0.374. The van der Waals surface area contributed by atoms with Gasteiger partial charge in [0.2, 0.25) is 5.91 Å². The van der Waals surface area contributed by atoms with Gasteiger partial charge >= 0.3 is 5.97 Å². The summed E-state index contributed by atoms with van der Waals surface area (Å²) in [5.41, 5.74) is 8.59. The lowest BCUT2D eigenvalue weighted by atomic mass is 9.92. The second-order valence-corrected chi connectivity index (χ2v) is 9.71. The van der Waals surface area contributed by atoms with E-state index < -0.39 is 12.0 Å². The van der Waals surface area contributed by atoms with E-state index in [1.54, 1.807) is 24.3 Å². The molecule has 0 spiro atoms. The summed E-state index contributed by atoms with van der Waals surface area (Å²) in [6, 6.07) is 13.3. The van der Waals surface area contributed by atoms with Gasteiger partial charge in [0, 0.05) is 18.0 Å². The number of hydrogen-bond acceptors (Lipinski definition) is 5. The van der Waals surface area contributed by atoms with Crippen LogP contribution in [0.3, 0.4) is 0 Å². The maximum Gasteiger partial charge on any atom is 0.330 e. The Labute approximate surface area is 212 Å². The minimum absolute atomic E-state index is 0.0537. The Morgan fingerprint density at radius 2 is 1.72 bits per heavy atom. The fraction of sp³-hybridized carbons (Fsp3) is 0.464. The predicted octanol–water partition coefficient (Wildman–Crippen LogP) is 4.45. The van der Waals surface area contributed by atoms with Crippen molar-refractivity contribution in [1.82, 2.24) is 5.06 Å². The Bertz CT molecular complexity index is 1020. The average Bonchev–Trinajstić information content (AvgIpc) is 3.36. The number of anilines is 1. The number of hydroxylamine groups is 2. The number of carboxylic acid groups (broad SMARTS) is 1. The zero-order valence-corrected chi connectivity index (χ0v) is 21.1. The number of aliphatic carboxylic acids is 1. The van der Waals surface area contributed by atoms with E-state index in [0.29, 0.717) is 37.2 Å². The van der Waals surface area contributed by atoms with E-state index in [-0.39, 0.29) is 36.5 Å². The molecule has 0 aliphatic heterocycles. The fourth-order valence-electron chi connectivity index (χ4n) is 4.88. The molecule has 2 atom stereocenters. The van der Waals surface area contributed by atoms with Crippen LogP contribution >= 0.6 is 0 Å². The van der Waals surface area contributed by atoms with E-state index in [2.05, 4.69) is 5.32 Å². The third-order valence-electron chi connectivity index (χ3n) is 6.55. The van der Waals surface area contributed by atoms with Gasteiger partial charge < -0.3 is 21.0 Å². The first-order valence-electron chi connectivity index (χ1n) is 12.6. The minimum atomic E-state index is -1.25. The number of para-hydroxylation sites is 1. The van der Waals surface area contributed by atoms with Crippen LogP contribution in [0.5, 0.6) is 5.75 Å². The van der Waals surface area contributed by atoms with Gasteiger partial charge in [0.25, 0.3) is 5.91 Å². The molecule has 1 saturated carbocycles. The van der Waals surface area contributed by atoms with Crippen LogP contribution in [-0.4, -0.2) is 40.5 Å². The zero-order chi connectivity index (χ0) is 26.1. The van der Waals surface area contributed by atoms with Gasteiger partial charge in [-0.1, -0.05) is 37.1 Å². The number of nitrogens with zero attached hydrogens (tertiary/aromatic N) is 1. The van der Waals surface area contributed by atoms with E-state index in [9.17, 15) is 19.5 Å². The Balaban J connectivity index is 1.78. The first kappa shape index (κ1) is 27.2. The molecule has 8 heteroatoms. The van der Waals surface area contributed by atoms with Gasteiger partial charge in [-0.3, -0.25) is 9.59 Å². The summed E-state index contributed by atoms with van der Waals surface area (Å²) < 4.78 is 0. The van der Waals surface area contributed by atoms with Crippen LogP contribution in [0.15, 0.2) is 48.5 Å². The van der Waals surface area contributed by atoms with Gasteiger partial charge in [-0.2, -0.15) is 5.06 Å². The number of nitrogens with two attached hydrogens (primary N) is 1. The molecule has 0 saturated heterocycles. The summed E-state index contributed by atoms with van der Waals surface area (Å²) in [6.45, 7) is 4.21. The smallest absolute Gasteiger partial charge is 0.330 e. The molecule has 2 aromatic rings. The van der Waals surface area contributed by atoms with E-state index in [1.807, 2.05) is 38.1 Å². The molecular formula is C28H37N3O5. The molecule has 8 nitrogen and oxygen atoms in total. The molecular weight excluding hydrogens is 458 g/mol. The third-order valence-corrected chi connectivity index (χ3v) is 6.55. The first-order chi connectivity index (χ1) is 17.3. The highest BCUT2D eigenvalue weighted by atomic mass is 16.7. The normalized spacial score (nSPS) is 15.2. The molecule has 1 fully saturated rings. The molecule has 4 N–H and O–H groups in total. The molecule has 1 unspecified atom stereocenters. The lowest BCUT2D eigenvalue weighted by Gasteiger charge is -2.32. The summed E-state index contributed by atoms with van der Waals surface area (Å²) in [5.74, 6) is -1.95. The van der Waals surface area contributed by atoms with Crippen LogP contribution < -0.4 is 15.9 Å². The molecule has 2 amide bonds. The largest absolute Gasteiger partial charge is 0.480 e. The van der Waals surface area contributed by atoms with E-state index in [1.165, 1.54) is 0 Å². The molecule has 194 valence electrons. The summed E-state index contributed by atoms with van der Waals surface area (Å²) in [4.78, 5) is 44.6. The van der Waals surface area contributed by atoms with Crippen molar-refractivity contribution < 1.29 is 24.3 Å². The number of nitrogens with one attached hydrogen (secondary N) is 1. The molecule has 0 bridgehead atoms. The lowest BCUT2D eigenvalue weighted by molar-refractivity contribution is -0.182. The van der Waals surface area contributed by atoms with Crippen molar-refractivity contribution in [3.63, 3.8) is 0 Å². The van der Waals surface area contributed by atoms with Gasteiger partial charge in [0.15, 0.2) is 11.8 Å². The van der Waals surface area contributed by atoms with Crippen molar-refractivity contribution in [3.8, 4) is 5.75 Å². The van der Waals surface area contributed by atoms with Crippen LogP contribution in [0.2, 0.25) is 0 Å². The second kappa shape index (κ2) is 13.1. The number of hydrogen-bond donors (Lipinski definition) is 3. The number of carbonyl (C=O) groups excluding carboxylic acids is 2. The van der Waals surface area contributed by atoms with Crippen molar-refractivity contribution in [1.29, 1.82) is 0 Å². The molecule has 1 aliphatic rings. The van der Waals surface area contributed by atoms with Gasteiger partial charge in [0.05, 0.1) is 0 Å². The van der Waals surface area contributed by atoms with Crippen molar-refractivity contribution in [2.75, 3.05) is 11.9 Å². The highest BCUT2D eigenvalue weighted by Gasteiger charge is 2.38. The zero-order valence-electron chi connectivity index (χ0n) is 21.1. The van der Waals surface area contributed by atoms with Crippen LogP contribution in [0.25, 0.3) is 0 Å². The van der Waals surface area contributed by atoms with Crippen LogP contribution in [-0.2, 0) is 14.4 Å². The SMILES string of the molecule is Cc1cc(C)cc(NC(=O)CC(CCN)C[C@@H](C(=O)O)N(Oc2ccccc2)C(=O)C2CCCC2)c1. The molecule has 3 rings (SSSR count). The van der Waals surface area contributed by atoms with E-state index in [4.69, 9.17) is 10.6 Å².